The van der Waals surface area contributed by atoms with Gasteiger partial charge in [0.2, 0.25) is 0 Å². The number of cyclic esters (lactones) is 1. The van der Waals surface area contributed by atoms with Crippen molar-refractivity contribution < 1.29 is 13.9 Å². The van der Waals surface area contributed by atoms with E-state index in [1.807, 2.05) is 23.9 Å². The molecule has 1 aromatic heterocycles. The molecule has 3 fully saturated rings. The van der Waals surface area contributed by atoms with Crippen LogP contribution in [0.15, 0.2) is 30.6 Å². The first-order chi connectivity index (χ1) is 14.2. The summed E-state index contributed by atoms with van der Waals surface area (Å²) in [5.74, 6) is 3.47. The number of carbonyl (C=O) groups excluding carboxylic acids is 1. The minimum absolute atomic E-state index is 0.277. The fourth-order valence-corrected chi connectivity index (χ4v) is 5.79. The number of amides is 1. The van der Waals surface area contributed by atoms with Crippen molar-refractivity contribution in [1.82, 2.24) is 15.0 Å². The molecule has 3 atom stereocenters. The summed E-state index contributed by atoms with van der Waals surface area (Å²) in [6.45, 7) is 2.64. The van der Waals surface area contributed by atoms with Crippen LogP contribution in [-0.4, -0.2) is 58.3 Å². The molecule has 154 valence electrons. The zero-order valence-corrected chi connectivity index (χ0v) is 16.9. The van der Waals surface area contributed by atoms with E-state index in [2.05, 4.69) is 15.2 Å². The molecule has 1 amide bonds. The summed E-state index contributed by atoms with van der Waals surface area (Å²) in [5.41, 5.74) is 1.17. The molecule has 0 bridgehead atoms. The Morgan fingerprint density at radius 2 is 1.97 bits per heavy atom. The zero-order valence-electron chi connectivity index (χ0n) is 16.1. The highest BCUT2D eigenvalue weighted by Crippen LogP contribution is 2.38. The Bertz CT molecular complexity index is 866. The Labute approximate surface area is 173 Å². The molecule has 2 unspecified atom stereocenters. The number of carbonyl (C=O) groups is 1. The van der Waals surface area contributed by atoms with Crippen molar-refractivity contribution in [3.63, 3.8) is 0 Å². The lowest BCUT2D eigenvalue weighted by Crippen LogP contribution is -2.26. The fraction of sp³-hybridized carbons (Fsp3) is 0.550. The van der Waals surface area contributed by atoms with Crippen LogP contribution in [0, 0.1) is 17.7 Å². The van der Waals surface area contributed by atoms with Crippen molar-refractivity contribution in [2.45, 2.75) is 25.5 Å². The molecule has 0 aliphatic carbocycles. The highest BCUT2D eigenvalue weighted by molar-refractivity contribution is 7.99. The summed E-state index contributed by atoms with van der Waals surface area (Å²) in [5, 5.41) is 7.65. The van der Waals surface area contributed by atoms with E-state index >= 15 is 0 Å². The second-order valence-corrected chi connectivity index (χ2v) is 9.22. The van der Waals surface area contributed by atoms with E-state index in [0.717, 1.165) is 13.1 Å². The lowest BCUT2D eigenvalue weighted by atomic mass is 9.92. The van der Waals surface area contributed by atoms with Crippen molar-refractivity contribution in [3.8, 4) is 0 Å². The fourth-order valence-electron chi connectivity index (χ4n) is 4.65. The van der Waals surface area contributed by atoms with E-state index in [1.54, 1.807) is 17.1 Å². The first-order valence-electron chi connectivity index (χ1n) is 10.1. The molecule has 3 saturated heterocycles. The van der Waals surface area contributed by atoms with Crippen LogP contribution in [0.25, 0.3) is 0 Å². The van der Waals surface area contributed by atoms with Gasteiger partial charge in [0.1, 0.15) is 11.9 Å². The molecule has 3 aliphatic heterocycles. The maximum absolute atomic E-state index is 15.0. The van der Waals surface area contributed by atoms with E-state index in [-0.39, 0.29) is 11.9 Å². The Kier molecular flexibility index (Phi) is 5.07. The average molecular weight is 418 g/mol. The summed E-state index contributed by atoms with van der Waals surface area (Å²) in [6.07, 6.45) is 4.95. The number of anilines is 2. The van der Waals surface area contributed by atoms with Gasteiger partial charge in [-0.05, 0) is 54.4 Å². The first-order valence-corrected chi connectivity index (χ1v) is 11.3. The molecule has 7 nitrogen and oxygen atoms in total. The van der Waals surface area contributed by atoms with Gasteiger partial charge < -0.3 is 9.64 Å². The van der Waals surface area contributed by atoms with Gasteiger partial charge in [-0.1, -0.05) is 5.21 Å². The summed E-state index contributed by atoms with van der Waals surface area (Å²) in [6, 6.07) is 5.09. The largest absolute Gasteiger partial charge is 0.442 e. The number of hydrogen-bond donors (Lipinski definition) is 0. The number of halogens is 1. The molecule has 0 spiro atoms. The topological polar surface area (TPSA) is 63.5 Å². The van der Waals surface area contributed by atoms with Crippen molar-refractivity contribution in [2.75, 3.05) is 40.9 Å². The van der Waals surface area contributed by atoms with Gasteiger partial charge >= 0.3 is 6.09 Å². The quantitative estimate of drug-likeness (QED) is 0.762. The van der Waals surface area contributed by atoms with Crippen LogP contribution in [0.1, 0.15) is 12.8 Å². The number of aromatic nitrogens is 3. The Hall–Kier alpha value is -2.29. The lowest BCUT2D eigenvalue weighted by Gasteiger charge is -2.21. The SMILES string of the molecule is O=C1O[C@@H](Cn2ccnn2)CN1c1ccc(N2CC3CCSCCC3C2)c(F)c1. The van der Waals surface area contributed by atoms with Gasteiger partial charge in [-0.25, -0.2) is 13.9 Å². The summed E-state index contributed by atoms with van der Waals surface area (Å²) in [4.78, 5) is 16.0. The number of hydrogen-bond acceptors (Lipinski definition) is 6. The number of thioether (sulfide) groups is 1. The summed E-state index contributed by atoms with van der Waals surface area (Å²) in [7, 11) is 0. The van der Waals surface area contributed by atoms with Gasteiger partial charge in [0.25, 0.3) is 0 Å². The van der Waals surface area contributed by atoms with Crippen LogP contribution in [0.5, 0.6) is 0 Å². The summed E-state index contributed by atoms with van der Waals surface area (Å²) < 4.78 is 22.0. The molecule has 1 aromatic carbocycles. The van der Waals surface area contributed by atoms with Crippen molar-refractivity contribution in [1.29, 1.82) is 0 Å². The van der Waals surface area contributed by atoms with Gasteiger partial charge in [-0.3, -0.25) is 4.90 Å². The number of fused-ring (bicyclic) bond motifs is 1. The normalized spacial score (nSPS) is 27.1. The average Bonchev–Trinajstić information content (AvgIpc) is 3.40. The number of rotatable bonds is 4. The highest BCUT2D eigenvalue weighted by atomic mass is 32.2. The molecular formula is C20H24FN5O2S. The van der Waals surface area contributed by atoms with Crippen LogP contribution in [0.3, 0.4) is 0 Å². The molecule has 2 aromatic rings. The standard InChI is InChI=1S/C20H24FN5O2S/c21-18-9-16(26-13-17(28-20(26)27)12-25-6-5-22-23-25)1-2-19(18)24-10-14-3-7-29-8-4-15(14)11-24/h1-2,5-6,9,14-15,17H,3-4,7-8,10-13H2/t14?,15?,17-/m0/s1. The molecule has 3 aliphatic rings. The Morgan fingerprint density at radius 3 is 2.66 bits per heavy atom. The van der Waals surface area contributed by atoms with Crippen molar-refractivity contribution in [3.05, 3.63) is 36.4 Å². The zero-order chi connectivity index (χ0) is 19.8. The molecular weight excluding hydrogens is 393 g/mol. The molecule has 0 radical (unpaired) electrons. The minimum Gasteiger partial charge on any atom is -0.442 e. The first kappa shape index (κ1) is 18.7. The third-order valence-electron chi connectivity index (χ3n) is 6.16. The Balaban J connectivity index is 1.28. The number of nitrogens with zero attached hydrogens (tertiary/aromatic N) is 5. The van der Waals surface area contributed by atoms with E-state index in [4.69, 9.17) is 4.74 Å². The monoisotopic (exact) mass is 417 g/mol. The number of benzene rings is 1. The van der Waals surface area contributed by atoms with Crippen molar-refractivity contribution in [2.24, 2.45) is 11.8 Å². The lowest BCUT2D eigenvalue weighted by molar-refractivity contribution is 0.129. The third-order valence-corrected chi connectivity index (χ3v) is 7.21. The number of ether oxygens (including phenoxy) is 1. The van der Waals surface area contributed by atoms with Gasteiger partial charge in [0, 0.05) is 19.3 Å². The van der Waals surface area contributed by atoms with Crippen LogP contribution in [0.2, 0.25) is 0 Å². The van der Waals surface area contributed by atoms with Crippen LogP contribution in [0.4, 0.5) is 20.6 Å². The third kappa shape index (κ3) is 3.80. The smallest absolute Gasteiger partial charge is 0.414 e. The van der Waals surface area contributed by atoms with Gasteiger partial charge in [0.15, 0.2) is 0 Å². The Morgan fingerprint density at radius 1 is 1.17 bits per heavy atom. The van der Waals surface area contributed by atoms with Crippen molar-refractivity contribution >= 4 is 29.2 Å². The molecule has 4 heterocycles. The van der Waals surface area contributed by atoms with Crippen LogP contribution in [-0.2, 0) is 11.3 Å². The molecule has 9 heteroatoms. The second kappa shape index (κ2) is 7.85. The molecule has 0 N–H and O–H groups in total. The second-order valence-electron chi connectivity index (χ2n) is 7.99. The van der Waals surface area contributed by atoms with Gasteiger partial charge in [0.05, 0.1) is 30.7 Å². The highest BCUT2D eigenvalue weighted by Gasteiger charge is 2.36. The van der Waals surface area contributed by atoms with Crippen LogP contribution >= 0.6 is 11.8 Å². The summed E-state index contributed by atoms with van der Waals surface area (Å²) >= 11 is 2.04. The van der Waals surface area contributed by atoms with E-state index in [9.17, 15) is 9.18 Å². The van der Waals surface area contributed by atoms with E-state index in [1.165, 1.54) is 35.3 Å². The van der Waals surface area contributed by atoms with Gasteiger partial charge in [-0.2, -0.15) is 11.8 Å². The predicted molar refractivity (Wildman–Crippen MR) is 110 cm³/mol. The molecule has 5 rings (SSSR count). The maximum atomic E-state index is 15.0. The van der Waals surface area contributed by atoms with Crippen LogP contribution < -0.4 is 9.80 Å². The molecule has 29 heavy (non-hydrogen) atoms. The maximum Gasteiger partial charge on any atom is 0.414 e. The van der Waals surface area contributed by atoms with Gasteiger partial charge in [-0.15, -0.1) is 5.10 Å². The molecule has 0 saturated carbocycles. The van der Waals surface area contributed by atoms with E-state index < -0.39 is 6.09 Å². The minimum atomic E-state index is -0.455. The van der Waals surface area contributed by atoms with E-state index in [0.29, 0.717) is 36.3 Å². The predicted octanol–water partition coefficient (Wildman–Crippen LogP) is 3.02.